The molecule has 1 N–H and O–H groups in total. The highest BCUT2D eigenvalue weighted by Gasteiger charge is 2.06. The van der Waals surface area contributed by atoms with Crippen LogP contribution >= 0.6 is 38.5 Å². The molecule has 0 bridgehead atoms. The maximum Gasteiger partial charge on any atom is 0.150 e. The first-order chi connectivity index (χ1) is 7.94. The molecule has 96 valence electrons. The van der Waals surface area contributed by atoms with Crippen molar-refractivity contribution < 1.29 is 8.42 Å². The largest absolute Gasteiger partial charge is 0.384 e. The molecule has 0 saturated carbocycles. The van der Waals surface area contributed by atoms with Gasteiger partial charge in [-0.15, -0.1) is 0 Å². The van der Waals surface area contributed by atoms with Crippen molar-refractivity contribution in [1.29, 1.82) is 0 Å². The first-order valence-corrected chi connectivity index (χ1v) is 9.03. The normalized spacial score (nSPS) is 11.5. The summed E-state index contributed by atoms with van der Waals surface area (Å²) in [5.74, 6) is 0.470. The lowest BCUT2D eigenvalue weighted by molar-refractivity contribution is 0.595. The molecule has 1 aromatic rings. The van der Waals surface area contributed by atoms with E-state index >= 15 is 0 Å². The Balaban J connectivity index is 2.44. The SMILES string of the molecule is CCS(=O)(=O)CCCNc1cc(I)ccc1Br. The van der Waals surface area contributed by atoms with Gasteiger partial charge in [-0.05, 0) is 63.1 Å². The molecule has 0 aliphatic carbocycles. The van der Waals surface area contributed by atoms with E-state index in [2.05, 4.69) is 43.8 Å². The number of hydrogen-bond donors (Lipinski definition) is 1. The third-order valence-corrected chi connectivity index (χ3v) is 5.47. The average molecular weight is 432 g/mol. The molecule has 0 aliphatic heterocycles. The van der Waals surface area contributed by atoms with Crippen LogP contribution in [0.4, 0.5) is 5.69 Å². The van der Waals surface area contributed by atoms with Crippen LogP contribution in [0.25, 0.3) is 0 Å². The predicted octanol–water partition coefficient (Wildman–Crippen LogP) is 3.29. The van der Waals surface area contributed by atoms with Gasteiger partial charge < -0.3 is 5.32 Å². The maximum absolute atomic E-state index is 11.3. The molecule has 0 amide bonds. The summed E-state index contributed by atoms with van der Waals surface area (Å²) in [6.45, 7) is 2.34. The van der Waals surface area contributed by atoms with Crippen LogP contribution in [0.5, 0.6) is 0 Å². The topological polar surface area (TPSA) is 46.2 Å². The molecule has 0 spiro atoms. The van der Waals surface area contributed by atoms with Crippen molar-refractivity contribution in [2.75, 3.05) is 23.4 Å². The monoisotopic (exact) mass is 431 g/mol. The van der Waals surface area contributed by atoms with Gasteiger partial charge in [-0.2, -0.15) is 0 Å². The van der Waals surface area contributed by atoms with Crippen molar-refractivity contribution in [1.82, 2.24) is 0 Å². The molecular weight excluding hydrogens is 417 g/mol. The van der Waals surface area contributed by atoms with Crippen LogP contribution in [0.2, 0.25) is 0 Å². The number of benzene rings is 1. The molecule has 0 heterocycles. The fourth-order valence-corrected chi connectivity index (χ4v) is 3.04. The Morgan fingerprint density at radius 2 is 2.12 bits per heavy atom. The van der Waals surface area contributed by atoms with Crippen molar-refractivity contribution >= 4 is 54.0 Å². The first kappa shape index (κ1) is 15.2. The minimum absolute atomic E-state index is 0.222. The minimum atomic E-state index is -2.85. The fourth-order valence-electron chi connectivity index (χ4n) is 1.29. The molecule has 6 heteroatoms. The molecule has 1 aromatic carbocycles. The second-order valence-corrected chi connectivity index (χ2v) is 8.21. The Morgan fingerprint density at radius 3 is 2.76 bits per heavy atom. The highest BCUT2D eigenvalue weighted by Crippen LogP contribution is 2.24. The van der Waals surface area contributed by atoms with Crippen LogP contribution in [-0.2, 0) is 9.84 Å². The van der Waals surface area contributed by atoms with Gasteiger partial charge in [0, 0.05) is 26.0 Å². The number of anilines is 1. The summed E-state index contributed by atoms with van der Waals surface area (Å²) >= 11 is 5.70. The molecule has 1 rings (SSSR count). The maximum atomic E-state index is 11.3. The van der Waals surface area contributed by atoms with Gasteiger partial charge in [0.15, 0.2) is 0 Å². The third kappa shape index (κ3) is 5.56. The van der Waals surface area contributed by atoms with Crippen molar-refractivity contribution in [3.63, 3.8) is 0 Å². The summed E-state index contributed by atoms with van der Waals surface area (Å²) in [7, 11) is -2.85. The lowest BCUT2D eigenvalue weighted by Gasteiger charge is -2.09. The molecule has 0 radical (unpaired) electrons. The van der Waals surface area contributed by atoms with E-state index < -0.39 is 9.84 Å². The second kappa shape index (κ2) is 6.94. The number of hydrogen-bond acceptors (Lipinski definition) is 3. The van der Waals surface area contributed by atoms with Gasteiger partial charge in [-0.1, -0.05) is 6.92 Å². The second-order valence-electron chi connectivity index (χ2n) is 3.64. The van der Waals surface area contributed by atoms with Gasteiger partial charge in [0.05, 0.1) is 5.75 Å². The number of rotatable bonds is 6. The van der Waals surface area contributed by atoms with E-state index in [1.165, 1.54) is 0 Å². The summed E-state index contributed by atoms with van der Waals surface area (Å²) < 4.78 is 24.7. The van der Waals surface area contributed by atoms with Gasteiger partial charge in [0.1, 0.15) is 9.84 Å². The molecule has 0 aromatic heterocycles. The van der Waals surface area contributed by atoms with Crippen LogP contribution in [0.3, 0.4) is 0 Å². The van der Waals surface area contributed by atoms with E-state index in [4.69, 9.17) is 0 Å². The highest BCUT2D eigenvalue weighted by atomic mass is 127. The molecular formula is C11H15BrINO2S. The van der Waals surface area contributed by atoms with Crippen LogP contribution in [0.1, 0.15) is 13.3 Å². The summed E-state index contributed by atoms with van der Waals surface area (Å²) in [6, 6.07) is 6.02. The van der Waals surface area contributed by atoms with E-state index in [9.17, 15) is 8.42 Å². The zero-order valence-corrected chi connectivity index (χ0v) is 14.1. The van der Waals surface area contributed by atoms with Gasteiger partial charge in [-0.25, -0.2) is 8.42 Å². The van der Waals surface area contributed by atoms with Gasteiger partial charge in [0.25, 0.3) is 0 Å². The van der Waals surface area contributed by atoms with Crippen molar-refractivity contribution in [2.24, 2.45) is 0 Å². The zero-order chi connectivity index (χ0) is 12.9. The summed E-state index contributed by atoms with van der Waals surface area (Å²) in [6.07, 6.45) is 0.633. The molecule has 0 aliphatic rings. The van der Waals surface area contributed by atoms with E-state index in [-0.39, 0.29) is 11.5 Å². The summed E-state index contributed by atoms with van der Waals surface area (Å²) in [4.78, 5) is 0. The van der Waals surface area contributed by atoms with E-state index in [1.54, 1.807) is 6.92 Å². The first-order valence-electron chi connectivity index (χ1n) is 5.34. The summed E-state index contributed by atoms with van der Waals surface area (Å²) in [5, 5.41) is 3.23. The van der Waals surface area contributed by atoms with Crippen molar-refractivity contribution in [2.45, 2.75) is 13.3 Å². The number of halogens is 2. The van der Waals surface area contributed by atoms with Gasteiger partial charge >= 0.3 is 0 Å². The quantitative estimate of drug-likeness (QED) is 0.555. The van der Waals surface area contributed by atoms with Crippen LogP contribution in [0, 0.1) is 3.57 Å². The Kier molecular flexibility index (Phi) is 6.22. The predicted molar refractivity (Wildman–Crippen MR) is 84.3 cm³/mol. The lowest BCUT2D eigenvalue weighted by atomic mass is 10.3. The van der Waals surface area contributed by atoms with Crippen LogP contribution in [-0.4, -0.2) is 26.5 Å². The van der Waals surface area contributed by atoms with Crippen molar-refractivity contribution in [3.8, 4) is 0 Å². The number of nitrogens with one attached hydrogen (secondary N) is 1. The Bertz CT molecular complexity index is 476. The van der Waals surface area contributed by atoms with Gasteiger partial charge in [-0.3, -0.25) is 0 Å². The van der Waals surface area contributed by atoms with E-state index in [1.807, 2.05) is 18.2 Å². The standard InChI is InChI=1S/C11H15BrINO2S/c1-2-17(15,16)7-3-6-14-11-8-9(13)4-5-10(11)12/h4-5,8,14H,2-3,6-7H2,1H3. The van der Waals surface area contributed by atoms with Crippen molar-refractivity contribution in [3.05, 3.63) is 26.2 Å². The third-order valence-electron chi connectivity index (χ3n) is 2.32. The zero-order valence-electron chi connectivity index (χ0n) is 9.54. The fraction of sp³-hybridized carbons (Fsp3) is 0.455. The Hall–Kier alpha value is 0.180. The van der Waals surface area contributed by atoms with E-state index in [0.29, 0.717) is 13.0 Å². The number of sulfone groups is 1. The average Bonchev–Trinajstić information content (AvgIpc) is 2.29. The smallest absolute Gasteiger partial charge is 0.150 e. The Morgan fingerprint density at radius 1 is 1.41 bits per heavy atom. The molecule has 0 atom stereocenters. The summed E-state index contributed by atoms with van der Waals surface area (Å²) in [5.41, 5.74) is 1.01. The minimum Gasteiger partial charge on any atom is -0.384 e. The Labute approximate surface area is 125 Å². The van der Waals surface area contributed by atoms with E-state index in [0.717, 1.165) is 13.7 Å². The highest BCUT2D eigenvalue weighted by molar-refractivity contribution is 14.1. The van der Waals surface area contributed by atoms with Gasteiger partial charge in [0.2, 0.25) is 0 Å². The molecule has 0 fully saturated rings. The van der Waals surface area contributed by atoms with Crippen LogP contribution in [0.15, 0.2) is 22.7 Å². The molecule has 3 nitrogen and oxygen atoms in total. The van der Waals surface area contributed by atoms with Crippen LogP contribution < -0.4 is 5.32 Å². The lowest BCUT2D eigenvalue weighted by Crippen LogP contribution is -2.13. The molecule has 0 unspecified atom stereocenters. The molecule has 17 heavy (non-hydrogen) atoms. The molecule has 0 saturated heterocycles.